The third-order valence-electron chi connectivity index (χ3n) is 2.52. The average Bonchev–Trinajstić information content (AvgIpc) is 2.35. The summed E-state index contributed by atoms with van der Waals surface area (Å²) in [5.41, 5.74) is -0.891. The number of carbonyl (C=O) groups excluding carboxylic acids is 1. The van der Waals surface area contributed by atoms with Crippen LogP contribution in [0.5, 0.6) is 11.5 Å². The number of hydrogen-bond donors (Lipinski definition) is 1. The normalized spacial score (nSPS) is 12.8. The van der Waals surface area contributed by atoms with Crippen molar-refractivity contribution in [3.63, 3.8) is 0 Å². The van der Waals surface area contributed by atoms with Crippen LogP contribution in [0.3, 0.4) is 0 Å². The van der Waals surface area contributed by atoms with Crippen molar-refractivity contribution in [2.45, 2.75) is 18.7 Å². The first kappa shape index (κ1) is 21.4. The molecular formula is C12H5F9O5. The van der Waals surface area contributed by atoms with Crippen LogP contribution in [0.25, 0.3) is 0 Å². The Hall–Kier alpha value is -2.67. The highest BCUT2D eigenvalue weighted by atomic mass is 19.4. The smallest absolute Gasteiger partial charge is 0.478 e. The number of carboxylic acid groups (broad SMARTS) is 1. The van der Waals surface area contributed by atoms with Gasteiger partial charge in [-0.15, -0.1) is 13.2 Å². The number of aromatic carboxylic acids is 1. The Kier molecular flexibility index (Phi) is 5.68. The highest BCUT2D eigenvalue weighted by molar-refractivity contribution is 5.89. The van der Waals surface area contributed by atoms with Crippen molar-refractivity contribution >= 4 is 11.9 Å². The summed E-state index contributed by atoms with van der Waals surface area (Å²) in [6.45, 7) is 0. The molecular weight excluding hydrogens is 395 g/mol. The summed E-state index contributed by atoms with van der Waals surface area (Å²) in [4.78, 5) is 22.0. The molecule has 1 N–H and O–H groups in total. The summed E-state index contributed by atoms with van der Waals surface area (Å²) in [5, 5.41) is 8.67. The van der Waals surface area contributed by atoms with Crippen LogP contribution in [0.15, 0.2) is 18.2 Å². The number of ether oxygens (including phenoxy) is 2. The van der Waals surface area contributed by atoms with E-state index in [0.29, 0.717) is 6.07 Å². The fourth-order valence-electron chi connectivity index (χ4n) is 1.55. The summed E-state index contributed by atoms with van der Waals surface area (Å²) >= 11 is 0. The van der Waals surface area contributed by atoms with Gasteiger partial charge in [-0.1, -0.05) is 0 Å². The van der Waals surface area contributed by atoms with Gasteiger partial charge in [0, 0.05) is 0 Å². The lowest BCUT2D eigenvalue weighted by Gasteiger charge is -2.22. The van der Waals surface area contributed by atoms with Gasteiger partial charge in [0.15, 0.2) is 11.5 Å². The molecule has 0 aliphatic carbocycles. The second-order valence-corrected chi connectivity index (χ2v) is 4.45. The van der Waals surface area contributed by atoms with E-state index in [1.54, 1.807) is 0 Å². The maximum absolute atomic E-state index is 12.4. The minimum absolute atomic E-state index is 0.102. The molecule has 0 aromatic heterocycles. The Morgan fingerprint density at radius 2 is 1.38 bits per heavy atom. The van der Waals surface area contributed by atoms with Crippen molar-refractivity contribution in [3.05, 3.63) is 23.8 Å². The Balaban J connectivity index is 3.33. The van der Waals surface area contributed by atoms with E-state index in [1.807, 2.05) is 0 Å². The number of carbonyl (C=O) groups is 2. The van der Waals surface area contributed by atoms with Gasteiger partial charge in [-0.25, -0.2) is 4.79 Å². The third-order valence-corrected chi connectivity index (χ3v) is 2.52. The number of hydrogen-bond acceptors (Lipinski definition) is 4. The molecule has 0 amide bonds. The first-order chi connectivity index (χ1) is 11.5. The second kappa shape index (κ2) is 6.92. The highest BCUT2D eigenvalue weighted by Crippen LogP contribution is 2.41. The van der Waals surface area contributed by atoms with Crippen LogP contribution in [-0.4, -0.2) is 35.8 Å². The quantitative estimate of drug-likeness (QED) is 0.471. The monoisotopic (exact) mass is 400 g/mol. The van der Waals surface area contributed by atoms with E-state index in [9.17, 15) is 49.1 Å². The number of alkyl halides is 9. The molecule has 5 nitrogen and oxygen atoms in total. The van der Waals surface area contributed by atoms with Gasteiger partial charge >= 0.3 is 30.7 Å². The standard InChI is InChI=1S/C12H5F9O5/c13-10(14,15)7(11(16,17)18)9(24)25-6-3-4(8(22)23)1-2-5(6)26-12(19,20)21/h1-3,7H,(H,22,23). The summed E-state index contributed by atoms with van der Waals surface area (Å²) < 4.78 is 118. The van der Waals surface area contributed by atoms with Gasteiger partial charge in [0.1, 0.15) is 0 Å². The lowest BCUT2D eigenvalue weighted by molar-refractivity contribution is -0.281. The second-order valence-electron chi connectivity index (χ2n) is 4.45. The Morgan fingerprint density at radius 3 is 1.77 bits per heavy atom. The van der Waals surface area contributed by atoms with Gasteiger partial charge in [0.2, 0.25) is 5.92 Å². The molecule has 0 atom stereocenters. The lowest BCUT2D eigenvalue weighted by Crippen LogP contribution is -2.44. The van der Waals surface area contributed by atoms with Crippen LogP contribution >= 0.6 is 0 Å². The van der Waals surface area contributed by atoms with Crippen LogP contribution in [0.4, 0.5) is 39.5 Å². The highest BCUT2D eigenvalue weighted by Gasteiger charge is 2.62. The fraction of sp³-hybridized carbons (Fsp3) is 0.333. The van der Waals surface area contributed by atoms with E-state index in [1.165, 1.54) is 0 Å². The molecule has 0 radical (unpaired) electrons. The van der Waals surface area contributed by atoms with E-state index in [-0.39, 0.29) is 12.1 Å². The van der Waals surface area contributed by atoms with E-state index < -0.39 is 53.6 Å². The van der Waals surface area contributed by atoms with E-state index >= 15 is 0 Å². The summed E-state index contributed by atoms with van der Waals surface area (Å²) in [6, 6.07) is 0.840. The number of esters is 1. The molecule has 0 aliphatic rings. The van der Waals surface area contributed by atoms with Gasteiger partial charge in [-0.3, -0.25) is 4.79 Å². The molecule has 146 valence electrons. The predicted molar refractivity (Wildman–Crippen MR) is 61.3 cm³/mol. The van der Waals surface area contributed by atoms with Gasteiger partial charge in [-0.2, -0.15) is 26.3 Å². The van der Waals surface area contributed by atoms with Gasteiger partial charge < -0.3 is 14.6 Å². The van der Waals surface area contributed by atoms with E-state index in [4.69, 9.17) is 5.11 Å². The minimum atomic E-state index is -6.16. The van der Waals surface area contributed by atoms with E-state index in [2.05, 4.69) is 9.47 Å². The van der Waals surface area contributed by atoms with Gasteiger partial charge in [-0.05, 0) is 18.2 Å². The number of halogens is 9. The van der Waals surface area contributed by atoms with Crippen molar-refractivity contribution in [1.82, 2.24) is 0 Å². The summed E-state index contributed by atoms with van der Waals surface area (Å²) in [7, 11) is 0. The van der Waals surface area contributed by atoms with Crippen molar-refractivity contribution in [2.24, 2.45) is 5.92 Å². The van der Waals surface area contributed by atoms with Crippen molar-refractivity contribution in [2.75, 3.05) is 0 Å². The van der Waals surface area contributed by atoms with Crippen molar-refractivity contribution in [1.29, 1.82) is 0 Å². The maximum atomic E-state index is 12.4. The molecule has 14 heteroatoms. The van der Waals surface area contributed by atoms with Crippen LogP contribution < -0.4 is 9.47 Å². The molecule has 0 saturated heterocycles. The molecule has 1 rings (SSSR count). The molecule has 0 unspecified atom stereocenters. The van der Waals surface area contributed by atoms with Crippen molar-refractivity contribution in [3.8, 4) is 11.5 Å². The molecule has 26 heavy (non-hydrogen) atoms. The van der Waals surface area contributed by atoms with Crippen LogP contribution in [0.1, 0.15) is 10.4 Å². The zero-order valence-corrected chi connectivity index (χ0v) is 11.8. The van der Waals surface area contributed by atoms with Gasteiger partial charge in [0.25, 0.3) is 0 Å². The summed E-state index contributed by atoms with van der Waals surface area (Å²) in [6.07, 6.45) is -17.8. The molecule has 0 heterocycles. The Bertz CT molecular complexity index is 676. The maximum Gasteiger partial charge on any atom is 0.573 e. The zero-order chi connectivity index (χ0) is 20.5. The first-order valence-corrected chi connectivity index (χ1v) is 6.00. The average molecular weight is 400 g/mol. The molecule has 0 aliphatic heterocycles. The Labute approximate surface area is 136 Å². The Morgan fingerprint density at radius 1 is 0.885 bits per heavy atom. The zero-order valence-electron chi connectivity index (χ0n) is 11.8. The van der Waals surface area contributed by atoms with Crippen LogP contribution in [0.2, 0.25) is 0 Å². The number of benzene rings is 1. The fourth-order valence-corrected chi connectivity index (χ4v) is 1.55. The number of rotatable bonds is 4. The molecule has 0 bridgehead atoms. The lowest BCUT2D eigenvalue weighted by atomic mass is 10.1. The van der Waals surface area contributed by atoms with E-state index in [0.717, 1.165) is 0 Å². The van der Waals surface area contributed by atoms with Crippen LogP contribution in [-0.2, 0) is 4.79 Å². The molecule has 1 aromatic carbocycles. The third kappa shape index (κ3) is 5.70. The van der Waals surface area contributed by atoms with Crippen LogP contribution in [0, 0.1) is 5.92 Å². The first-order valence-electron chi connectivity index (χ1n) is 6.00. The van der Waals surface area contributed by atoms with Crippen molar-refractivity contribution < 1.29 is 63.7 Å². The molecule has 0 fully saturated rings. The molecule has 1 aromatic rings. The molecule has 0 spiro atoms. The largest absolute Gasteiger partial charge is 0.573 e. The SMILES string of the molecule is O=C(O)c1ccc(OC(F)(F)F)c(OC(=O)C(C(F)(F)F)C(F)(F)F)c1. The minimum Gasteiger partial charge on any atom is -0.478 e. The summed E-state index contributed by atoms with van der Waals surface area (Å²) in [5.74, 6) is -12.6. The topological polar surface area (TPSA) is 72.8 Å². The van der Waals surface area contributed by atoms with Gasteiger partial charge in [0.05, 0.1) is 5.56 Å². The number of carboxylic acids is 1. The molecule has 0 saturated carbocycles. The predicted octanol–water partition coefficient (Wildman–Crippen LogP) is 3.93.